The predicted molar refractivity (Wildman–Crippen MR) is 89.7 cm³/mol. The lowest BCUT2D eigenvalue weighted by Crippen LogP contribution is -2.48. The molecule has 1 fully saturated rings. The second-order valence-electron chi connectivity index (χ2n) is 6.28. The molecule has 1 saturated carbocycles. The number of carbonyl (C=O) groups excluding carboxylic acids is 1. The van der Waals surface area contributed by atoms with E-state index in [2.05, 4.69) is 5.32 Å². The van der Waals surface area contributed by atoms with E-state index in [9.17, 15) is 18.0 Å². The number of halogens is 3. The van der Waals surface area contributed by atoms with Crippen molar-refractivity contribution in [2.45, 2.75) is 44.3 Å². The van der Waals surface area contributed by atoms with Crippen LogP contribution < -0.4 is 19.5 Å². The van der Waals surface area contributed by atoms with Gasteiger partial charge in [0.05, 0.1) is 33.7 Å². The molecule has 1 aliphatic rings. The Balaban J connectivity index is 2.14. The van der Waals surface area contributed by atoms with Gasteiger partial charge in [-0.25, -0.2) is 0 Å². The fourth-order valence-electron chi connectivity index (χ4n) is 3.43. The summed E-state index contributed by atoms with van der Waals surface area (Å²) in [6.07, 6.45) is -2.83. The molecule has 146 valence electrons. The van der Waals surface area contributed by atoms with Gasteiger partial charge in [0, 0.05) is 11.6 Å². The van der Waals surface area contributed by atoms with Crippen molar-refractivity contribution in [3.63, 3.8) is 0 Å². The zero-order valence-electron chi connectivity index (χ0n) is 15.1. The van der Waals surface area contributed by atoms with Crippen molar-refractivity contribution in [1.82, 2.24) is 5.32 Å². The topological polar surface area (TPSA) is 56.8 Å². The highest BCUT2D eigenvalue weighted by Gasteiger charge is 2.45. The molecule has 0 bridgehead atoms. The Kier molecular flexibility index (Phi) is 6.61. The molecule has 1 N–H and O–H groups in total. The van der Waals surface area contributed by atoms with Crippen LogP contribution in [0.25, 0.3) is 0 Å². The Morgan fingerprint density at radius 2 is 1.73 bits per heavy atom. The maximum absolute atomic E-state index is 13.2. The van der Waals surface area contributed by atoms with Gasteiger partial charge in [-0.15, -0.1) is 0 Å². The van der Waals surface area contributed by atoms with Crippen LogP contribution in [0.4, 0.5) is 13.2 Å². The van der Waals surface area contributed by atoms with Gasteiger partial charge in [-0.05, 0) is 18.9 Å². The summed E-state index contributed by atoms with van der Waals surface area (Å²) >= 11 is 0. The number of hydrogen-bond donors (Lipinski definition) is 1. The molecule has 2 atom stereocenters. The molecule has 1 aromatic carbocycles. The number of carbonyl (C=O) groups is 1. The van der Waals surface area contributed by atoms with E-state index >= 15 is 0 Å². The number of alkyl halides is 3. The Morgan fingerprint density at radius 1 is 1.08 bits per heavy atom. The number of methoxy groups -OCH3 is 3. The first kappa shape index (κ1) is 20.2. The van der Waals surface area contributed by atoms with Crippen molar-refractivity contribution in [3.8, 4) is 17.2 Å². The molecular formula is C18H24F3NO4. The van der Waals surface area contributed by atoms with Crippen molar-refractivity contribution < 1.29 is 32.2 Å². The van der Waals surface area contributed by atoms with E-state index < -0.39 is 24.0 Å². The highest BCUT2D eigenvalue weighted by Crippen LogP contribution is 2.40. The van der Waals surface area contributed by atoms with Crippen LogP contribution in [0.3, 0.4) is 0 Å². The van der Waals surface area contributed by atoms with E-state index in [4.69, 9.17) is 14.2 Å². The number of rotatable bonds is 6. The van der Waals surface area contributed by atoms with Gasteiger partial charge in [0.1, 0.15) is 0 Å². The van der Waals surface area contributed by atoms with Gasteiger partial charge < -0.3 is 19.5 Å². The van der Waals surface area contributed by atoms with Crippen LogP contribution in [0.5, 0.6) is 17.2 Å². The van der Waals surface area contributed by atoms with E-state index in [0.717, 1.165) is 0 Å². The van der Waals surface area contributed by atoms with Crippen LogP contribution in [-0.2, 0) is 11.2 Å². The molecule has 0 saturated heterocycles. The van der Waals surface area contributed by atoms with Gasteiger partial charge in [0.25, 0.3) is 0 Å². The standard InChI is InChI=1S/C18H24F3NO4/c1-24-14-9-8-11(16(25-2)17(14)26-3)10-15(23)22-13-7-5-4-6-12(13)18(19,20)21/h8-9,12-13H,4-7,10H2,1-3H3,(H,22,23)/t12-,13-/m0/s1. The lowest BCUT2D eigenvalue weighted by molar-refractivity contribution is -0.189. The van der Waals surface area contributed by atoms with E-state index in [-0.39, 0.29) is 12.8 Å². The van der Waals surface area contributed by atoms with Gasteiger partial charge in [-0.2, -0.15) is 13.2 Å². The van der Waals surface area contributed by atoms with Crippen molar-refractivity contribution in [1.29, 1.82) is 0 Å². The van der Waals surface area contributed by atoms with Gasteiger partial charge in [-0.1, -0.05) is 18.9 Å². The molecule has 1 aliphatic carbocycles. The van der Waals surface area contributed by atoms with Crippen LogP contribution in [0.2, 0.25) is 0 Å². The number of nitrogens with one attached hydrogen (secondary N) is 1. The van der Waals surface area contributed by atoms with Crippen molar-refractivity contribution >= 4 is 5.91 Å². The fourth-order valence-corrected chi connectivity index (χ4v) is 3.43. The number of benzene rings is 1. The number of ether oxygens (including phenoxy) is 3. The van der Waals surface area contributed by atoms with Crippen molar-refractivity contribution in [2.24, 2.45) is 5.92 Å². The predicted octanol–water partition coefficient (Wildman–Crippen LogP) is 3.49. The molecule has 0 unspecified atom stereocenters. The molecule has 2 rings (SSSR count). The molecule has 1 aromatic rings. The maximum Gasteiger partial charge on any atom is 0.393 e. The Labute approximate surface area is 150 Å². The van der Waals surface area contributed by atoms with E-state index in [1.807, 2.05) is 0 Å². The highest BCUT2D eigenvalue weighted by molar-refractivity contribution is 5.80. The van der Waals surface area contributed by atoms with E-state index in [0.29, 0.717) is 42.1 Å². The third-order valence-corrected chi connectivity index (χ3v) is 4.67. The number of hydrogen-bond acceptors (Lipinski definition) is 4. The third kappa shape index (κ3) is 4.53. The molecule has 0 aromatic heterocycles. The van der Waals surface area contributed by atoms with Crippen LogP contribution >= 0.6 is 0 Å². The van der Waals surface area contributed by atoms with Crippen molar-refractivity contribution in [3.05, 3.63) is 17.7 Å². The zero-order valence-corrected chi connectivity index (χ0v) is 15.1. The summed E-state index contributed by atoms with van der Waals surface area (Å²) in [6, 6.07) is 2.38. The van der Waals surface area contributed by atoms with E-state index in [1.165, 1.54) is 21.3 Å². The van der Waals surface area contributed by atoms with Gasteiger partial charge in [0.15, 0.2) is 11.5 Å². The maximum atomic E-state index is 13.2. The van der Waals surface area contributed by atoms with Crippen LogP contribution in [0, 0.1) is 5.92 Å². The molecule has 26 heavy (non-hydrogen) atoms. The lowest BCUT2D eigenvalue weighted by Gasteiger charge is -2.33. The minimum Gasteiger partial charge on any atom is -0.493 e. The largest absolute Gasteiger partial charge is 0.493 e. The van der Waals surface area contributed by atoms with Gasteiger partial charge >= 0.3 is 6.18 Å². The van der Waals surface area contributed by atoms with E-state index in [1.54, 1.807) is 12.1 Å². The summed E-state index contributed by atoms with van der Waals surface area (Å²) in [5, 5.41) is 2.55. The first-order chi connectivity index (χ1) is 12.3. The second-order valence-corrected chi connectivity index (χ2v) is 6.28. The molecule has 5 nitrogen and oxygen atoms in total. The number of amides is 1. The lowest BCUT2D eigenvalue weighted by atomic mass is 9.84. The first-order valence-corrected chi connectivity index (χ1v) is 8.45. The smallest absolute Gasteiger partial charge is 0.393 e. The van der Waals surface area contributed by atoms with Crippen LogP contribution in [0.1, 0.15) is 31.2 Å². The molecule has 1 amide bonds. The Bertz CT molecular complexity index is 634. The Hall–Kier alpha value is -2.12. The minimum absolute atomic E-state index is 0.0497. The summed E-state index contributed by atoms with van der Waals surface area (Å²) in [5.41, 5.74) is 0.516. The van der Waals surface area contributed by atoms with Crippen LogP contribution in [-0.4, -0.2) is 39.5 Å². The first-order valence-electron chi connectivity index (χ1n) is 8.45. The summed E-state index contributed by atoms with van der Waals surface area (Å²) in [7, 11) is 4.35. The molecule has 0 radical (unpaired) electrons. The molecule has 0 spiro atoms. The summed E-state index contributed by atoms with van der Waals surface area (Å²) in [6.45, 7) is 0. The van der Waals surface area contributed by atoms with Crippen LogP contribution in [0.15, 0.2) is 12.1 Å². The summed E-state index contributed by atoms with van der Waals surface area (Å²) < 4.78 is 55.3. The quantitative estimate of drug-likeness (QED) is 0.827. The SMILES string of the molecule is COc1ccc(CC(=O)N[C@H]2CCCC[C@@H]2C(F)(F)F)c(OC)c1OC. The minimum atomic E-state index is -4.31. The highest BCUT2D eigenvalue weighted by atomic mass is 19.4. The van der Waals surface area contributed by atoms with Crippen molar-refractivity contribution in [2.75, 3.05) is 21.3 Å². The normalized spacial score (nSPS) is 20.4. The second kappa shape index (κ2) is 8.51. The molecular weight excluding hydrogens is 351 g/mol. The van der Waals surface area contributed by atoms with Gasteiger partial charge in [-0.3, -0.25) is 4.79 Å². The monoisotopic (exact) mass is 375 g/mol. The molecule has 8 heteroatoms. The summed E-state index contributed by atoms with van der Waals surface area (Å²) in [4.78, 5) is 12.4. The average Bonchev–Trinajstić information content (AvgIpc) is 2.60. The summed E-state index contributed by atoms with van der Waals surface area (Å²) in [5.74, 6) is -0.855. The average molecular weight is 375 g/mol. The fraction of sp³-hybridized carbons (Fsp3) is 0.611. The molecule has 0 heterocycles. The Morgan fingerprint density at radius 3 is 2.31 bits per heavy atom. The zero-order chi connectivity index (χ0) is 19.3. The molecule has 0 aliphatic heterocycles. The third-order valence-electron chi connectivity index (χ3n) is 4.67. The van der Waals surface area contributed by atoms with Gasteiger partial charge in [0.2, 0.25) is 11.7 Å².